The highest BCUT2D eigenvalue weighted by molar-refractivity contribution is 6.30. The van der Waals surface area contributed by atoms with E-state index in [4.69, 9.17) is 26.2 Å². The van der Waals surface area contributed by atoms with Crippen molar-refractivity contribution in [1.29, 1.82) is 0 Å². The lowest BCUT2D eigenvalue weighted by Gasteiger charge is -2.18. The molecule has 2 aromatic rings. The molecule has 0 fully saturated rings. The van der Waals surface area contributed by atoms with Crippen molar-refractivity contribution in [2.24, 2.45) is 0 Å². The van der Waals surface area contributed by atoms with Gasteiger partial charge in [-0.3, -0.25) is 4.79 Å². The molecule has 0 saturated heterocycles. The number of fused-ring (bicyclic) bond motifs is 1. The smallest absolute Gasteiger partial charge is 0.303 e. The van der Waals surface area contributed by atoms with E-state index in [9.17, 15) is 4.79 Å². The van der Waals surface area contributed by atoms with Crippen molar-refractivity contribution in [1.82, 2.24) is 0 Å². The maximum atomic E-state index is 10.8. The molecule has 5 heteroatoms. The number of halogens is 1. The van der Waals surface area contributed by atoms with E-state index in [-0.39, 0.29) is 12.0 Å². The molecule has 3 rings (SSSR count). The van der Waals surface area contributed by atoms with Crippen molar-refractivity contribution in [3.05, 3.63) is 57.6 Å². The average Bonchev–Trinajstić information content (AvgIpc) is 2.91. The van der Waals surface area contributed by atoms with Crippen LogP contribution in [-0.4, -0.2) is 16.7 Å². The molecular formula is C22H25ClO4. The summed E-state index contributed by atoms with van der Waals surface area (Å²) in [5.41, 5.74) is 3.99. The number of carboxylic acid groups (broad SMARTS) is 1. The Morgan fingerprint density at radius 1 is 1.22 bits per heavy atom. The van der Waals surface area contributed by atoms with E-state index >= 15 is 0 Å². The van der Waals surface area contributed by atoms with Crippen molar-refractivity contribution < 1.29 is 19.4 Å². The zero-order valence-electron chi connectivity index (χ0n) is 16.0. The quantitative estimate of drug-likeness (QED) is 0.707. The number of hydrogen-bond donors (Lipinski definition) is 1. The number of aliphatic carboxylic acids is 1. The third-order valence-electron chi connectivity index (χ3n) is 4.76. The second-order valence-electron chi connectivity index (χ2n) is 7.56. The summed E-state index contributed by atoms with van der Waals surface area (Å²) in [4.78, 5) is 10.8. The van der Waals surface area contributed by atoms with Crippen molar-refractivity contribution in [2.45, 2.75) is 58.7 Å². The number of carboxylic acids is 1. The van der Waals surface area contributed by atoms with Crippen LogP contribution < -0.4 is 9.47 Å². The third kappa shape index (κ3) is 4.75. The molecule has 0 radical (unpaired) electrons. The molecule has 4 nitrogen and oxygen atoms in total. The Bertz CT molecular complexity index is 858. The number of hydrogen-bond acceptors (Lipinski definition) is 3. The highest BCUT2D eigenvalue weighted by Gasteiger charge is 2.32. The van der Waals surface area contributed by atoms with Gasteiger partial charge in [-0.15, -0.1) is 0 Å². The average molecular weight is 389 g/mol. The van der Waals surface area contributed by atoms with Gasteiger partial charge in [0.2, 0.25) is 0 Å². The lowest BCUT2D eigenvalue weighted by Crippen LogP contribution is -2.25. The van der Waals surface area contributed by atoms with Crippen LogP contribution in [0, 0.1) is 0 Å². The Morgan fingerprint density at radius 2 is 2.00 bits per heavy atom. The van der Waals surface area contributed by atoms with E-state index in [1.165, 1.54) is 0 Å². The van der Waals surface area contributed by atoms with Crippen LogP contribution in [0.2, 0.25) is 5.02 Å². The molecule has 2 aromatic carbocycles. The standard InChI is InChI=1S/C22H25ClO4/c1-4-14-11-19(7-5-15(14)6-8-20(24)25)26-13-17-10-18(23)9-16-12-22(2,3)27-21(16)17/h5,7,9-11H,4,6,8,12-13H2,1-3H3,(H,24,25). The Kier molecular flexibility index (Phi) is 5.66. The van der Waals surface area contributed by atoms with Crippen molar-refractivity contribution >= 4 is 17.6 Å². The van der Waals surface area contributed by atoms with Gasteiger partial charge in [0.1, 0.15) is 23.7 Å². The summed E-state index contributed by atoms with van der Waals surface area (Å²) in [6.45, 7) is 6.56. The SMILES string of the molecule is CCc1cc(OCc2cc(Cl)cc3c2OC(C)(C)C3)ccc1CCC(=O)O. The first-order valence-electron chi connectivity index (χ1n) is 9.24. The Morgan fingerprint density at radius 3 is 2.70 bits per heavy atom. The predicted molar refractivity (Wildman–Crippen MR) is 106 cm³/mol. The first kappa shape index (κ1) is 19.6. The highest BCUT2D eigenvalue weighted by atomic mass is 35.5. The van der Waals surface area contributed by atoms with Gasteiger partial charge >= 0.3 is 5.97 Å². The first-order valence-corrected chi connectivity index (χ1v) is 9.62. The van der Waals surface area contributed by atoms with Crippen LogP contribution >= 0.6 is 11.6 Å². The van der Waals surface area contributed by atoms with E-state index in [1.54, 1.807) is 0 Å². The minimum absolute atomic E-state index is 0.134. The molecule has 0 amide bonds. The van der Waals surface area contributed by atoms with Gasteiger partial charge in [-0.25, -0.2) is 0 Å². The van der Waals surface area contributed by atoms with Crippen LogP contribution in [0.3, 0.4) is 0 Å². The molecule has 1 aliphatic heterocycles. The van der Waals surface area contributed by atoms with E-state index in [0.717, 1.165) is 46.6 Å². The molecule has 144 valence electrons. The number of carbonyl (C=O) groups is 1. The maximum absolute atomic E-state index is 10.8. The number of ether oxygens (including phenoxy) is 2. The highest BCUT2D eigenvalue weighted by Crippen LogP contribution is 2.40. The van der Waals surface area contributed by atoms with Gasteiger partial charge in [0.15, 0.2) is 0 Å². The molecule has 0 saturated carbocycles. The summed E-state index contributed by atoms with van der Waals surface area (Å²) in [6, 6.07) is 9.70. The van der Waals surface area contributed by atoms with E-state index in [1.807, 2.05) is 30.3 Å². The van der Waals surface area contributed by atoms with Gasteiger partial charge in [0.05, 0.1) is 0 Å². The Hall–Kier alpha value is -2.20. The summed E-state index contributed by atoms with van der Waals surface area (Å²) in [7, 11) is 0. The van der Waals surface area contributed by atoms with Crippen molar-refractivity contribution in [3.63, 3.8) is 0 Å². The topological polar surface area (TPSA) is 55.8 Å². The Labute approximate surface area is 165 Å². The second kappa shape index (κ2) is 7.81. The summed E-state index contributed by atoms with van der Waals surface area (Å²) >= 11 is 6.27. The van der Waals surface area contributed by atoms with Crippen LogP contribution in [-0.2, 0) is 30.7 Å². The molecule has 27 heavy (non-hydrogen) atoms. The maximum Gasteiger partial charge on any atom is 0.303 e. The molecule has 0 bridgehead atoms. The van der Waals surface area contributed by atoms with E-state index in [0.29, 0.717) is 18.1 Å². The summed E-state index contributed by atoms with van der Waals surface area (Å²) < 4.78 is 12.1. The molecule has 0 spiro atoms. The van der Waals surface area contributed by atoms with Crippen LogP contribution in [0.15, 0.2) is 30.3 Å². The molecule has 1 heterocycles. The predicted octanol–water partition coefficient (Wildman–Crippen LogP) is 5.21. The molecule has 0 aliphatic carbocycles. The number of aryl methyl sites for hydroxylation is 2. The molecule has 0 unspecified atom stereocenters. The fraction of sp³-hybridized carbons (Fsp3) is 0.409. The summed E-state index contributed by atoms with van der Waals surface area (Å²) in [5, 5.41) is 9.58. The van der Waals surface area contributed by atoms with Crippen LogP contribution in [0.5, 0.6) is 11.5 Å². The molecule has 0 aromatic heterocycles. The fourth-order valence-electron chi connectivity index (χ4n) is 3.52. The van der Waals surface area contributed by atoms with Gasteiger partial charge in [-0.2, -0.15) is 0 Å². The summed E-state index contributed by atoms with van der Waals surface area (Å²) in [6.07, 6.45) is 2.32. The Balaban J connectivity index is 1.75. The molecular weight excluding hydrogens is 364 g/mol. The molecule has 0 atom stereocenters. The number of benzene rings is 2. The van der Waals surface area contributed by atoms with E-state index < -0.39 is 5.97 Å². The monoisotopic (exact) mass is 388 g/mol. The summed E-state index contributed by atoms with van der Waals surface area (Å²) in [5.74, 6) is 0.852. The number of rotatable bonds is 7. The zero-order chi connectivity index (χ0) is 19.6. The minimum atomic E-state index is -0.782. The van der Waals surface area contributed by atoms with Crippen LogP contribution in [0.4, 0.5) is 0 Å². The first-order chi connectivity index (χ1) is 12.8. The van der Waals surface area contributed by atoms with Crippen LogP contribution in [0.1, 0.15) is 49.4 Å². The molecule has 1 N–H and O–H groups in total. The third-order valence-corrected chi connectivity index (χ3v) is 4.98. The largest absolute Gasteiger partial charge is 0.489 e. The fourth-order valence-corrected chi connectivity index (χ4v) is 3.78. The lowest BCUT2D eigenvalue weighted by atomic mass is 10.0. The second-order valence-corrected chi connectivity index (χ2v) is 7.99. The molecule has 1 aliphatic rings. The zero-order valence-corrected chi connectivity index (χ0v) is 16.7. The van der Waals surface area contributed by atoms with Gasteiger partial charge in [-0.1, -0.05) is 24.6 Å². The lowest BCUT2D eigenvalue weighted by molar-refractivity contribution is -0.136. The van der Waals surface area contributed by atoms with Crippen LogP contribution in [0.25, 0.3) is 0 Å². The minimum Gasteiger partial charge on any atom is -0.489 e. The van der Waals surface area contributed by atoms with Crippen molar-refractivity contribution in [3.8, 4) is 11.5 Å². The van der Waals surface area contributed by atoms with Gasteiger partial charge in [0, 0.05) is 23.4 Å². The van der Waals surface area contributed by atoms with Gasteiger partial charge in [0.25, 0.3) is 0 Å². The van der Waals surface area contributed by atoms with Gasteiger partial charge < -0.3 is 14.6 Å². The normalized spacial score (nSPS) is 14.5. The van der Waals surface area contributed by atoms with Gasteiger partial charge in [-0.05, 0) is 67.6 Å². The van der Waals surface area contributed by atoms with E-state index in [2.05, 4.69) is 20.8 Å². The van der Waals surface area contributed by atoms with Crippen molar-refractivity contribution in [2.75, 3.05) is 0 Å².